The first-order valence-electron chi connectivity index (χ1n) is 7.55. The Hall–Kier alpha value is -1.94. The van der Waals surface area contributed by atoms with E-state index in [1.807, 2.05) is 13.2 Å². The minimum atomic E-state index is 0.425. The highest BCUT2D eigenvalue weighted by Gasteiger charge is 2.26. The van der Waals surface area contributed by atoms with Gasteiger partial charge in [-0.25, -0.2) is 9.97 Å². The number of hydrogen-bond acceptors (Lipinski definition) is 4. The highest BCUT2D eigenvalue weighted by Crippen LogP contribution is 2.34. The standard InChI is InChI=1S/C17H22N4/c1-12-8-9-14-6-4-5-7-16(14)21(12)17-19-11-15(10-18-3)13(2)20-17/h4-7,11-12,18H,8-10H2,1-3H3. The third kappa shape index (κ3) is 2.63. The van der Waals surface area contributed by atoms with Crippen LogP contribution in [0.3, 0.4) is 0 Å². The van der Waals surface area contributed by atoms with Crippen molar-refractivity contribution in [3.05, 3.63) is 47.3 Å². The van der Waals surface area contributed by atoms with Gasteiger partial charge < -0.3 is 10.2 Å². The fourth-order valence-corrected chi connectivity index (χ4v) is 2.95. The molecule has 110 valence electrons. The van der Waals surface area contributed by atoms with Crippen molar-refractivity contribution in [1.82, 2.24) is 15.3 Å². The van der Waals surface area contributed by atoms with Gasteiger partial charge in [-0.05, 0) is 45.4 Å². The molecule has 0 amide bonds. The quantitative estimate of drug-likeness (QED) is 0.939. The summed E-state index contributed by atoms with van der Waals surface area (Å²) in [6, 6.07) is 9.00. The van der Waals surface area contributed by atoms with Gasteiger partial charge in [0.05, 0.1) is 0 Å². The summed E-state index contributed by atoms with van der Waals surface area (Å²) >= 11 is 0. The number of rotatable bonds is 3. The highest BCUT2D eigenvalue weighted by atomic mass is 15.3. The van der Waals surface area contributed by atoms with Crippen molar-refractivity contribution in [2.45, 2.75) is 39.3 Å². The van der Waals surface area contributed by atoms with Gasteiger partial charge in [0.25, 0.3) is 0 Å². The van der Waals surface area contributed by atoms with Crippen LogP contribution in [0.4, 0.5) is 11.6 Å². The van der Waals surface area contributed by atoms with Crippen LogP contribution in [0.2, 0.25) is 0 Å². The number of aryl methyl sites for hydroxylation is 2. The number of aromatic nitrogens is 2. The van der Waals surface area contributed by atoms with Crippen LogP contribution in [-0.2, 0) is 13.0 Å². The van der Waals surface area contributed by atoms with E-state index in [1.165, 1.54) is 11.3 Å². The molecule has 21 heavy (non-hydrogen) atoms. The number of fused-ring (bicyclic) bond motifs is 1. The predicted octanol–water partition coefficient (Wildman–Crippen LogP) is 2.98. The maximum absolute atomic E-state index is 4.74. The van der Waals surface area contributed by atoms with Crippen molar-refractivity contribution in [2.75, 3.05) is 11.9 Å². The summed E-state index contributed by atoms with van der Waals surface area (Å²) in [5, 5.41) is 3.15. The molecular formula is C17H22N4. The molecule has 1 aromatic heterocycles. The molecule has 0 bridgehead atoms. The smallest absolute Gasteiger partial charge is 0.230 e. The Morgan fingerprint density at radius 2 is 2.14 bits per heavy atom. The van der Waals surface area contributed by atoms with Crippen LogP contribution in [0.1, 0.15) is 30.2 Å². The Morgan fingerprint density at radius 3 is 2.90 bits per heavy atom. The predicted molar refractivity (Wildman–Crippen MR) is 85.9 cm³/mol. The zero-order valence-electron chi connectivity index (χ0n) is 12.9. The van der Waals surface area contributed by atoms with E-state index in [1.54, 1.807) is 0 Å². The van der Waals surface area contributed by atoms with Crippen LogP contribution >= 0.6 is 0 Å². The fourth-order valence-electron chi connectivity index (χ4n) is 2.95. The Kier molecular flexibility index (Phi) is 3.88. The first-order chi connectivity index (χ1) is 10.2. The molecule has 3 rings (SSSR count). The molecule has 0 spiro atoms. The second kappa shape index (κ2) is 5.82. The molecule has 2 aromatic rings. The summed E-state index contributed by atoms with van der Waals surface area (Å²) in [4.78, 5) is 11.6. The lowest BCUT2D eigenvalue weighted by Gasteiger charge is -2.35. The summed E-state index contributed by atoms with van der Waals surface area (Å²) in [5.41, 5.74) is 4.83. The number of benzene rings is 1. The molecule has 4 nitrogen and oxygen atoms in total. The Morgan fingerprint density at radius 1 is 1.33 bits per heavy atom. The molecule has 0 saturated carbocycles. The molecule has 1 aliphatic heterocycles. The lowest BCUT2D eigenvalue weighted by Crippen LogP contribution is -2.34. The zero-order valence-corrected chi connectivity index (χ0v) is 12.9. The maximum atomic E-state index is 4.74. The van der Waals surface area contributed by atoms with Gasteiger partial charge in [-0.1, -0.05) is 18.2 Å². The largest absolute Gasteiger partial charge is 0.316 e. The van der Waals surface area contributed by atoms with E-state index in [0.717, 1.165) is 36.6 Å². The van der Waals surface area contributed by atoms with Crippen LogP contribution in [0.5, 0.6) is 0 Å². The normalized spacial score (nSPS) is 17.7. The Labute approximate surface area is 126 Å². The molecule has 2 heterocycles. The van der Waals surface area contributed by atoms with Crippen LogP contribution in [0, 0.1) is 6.92 Å². The van der Waals surface area contributed by atoms with E-state index < -0.39 is 0 Å². The molecule has 1 aliphatic rings. The third-order valence-corrected chi connectivity index (χ3v) is 4.17. The number of nitrogens with zero attached hydrogens (tertiary/aromatic N) is 3. The minimum Gasteiger partial charge on any atom is -0.316 e. The first-order valence-corrected chi connectivity index (χ1v) is 7.55. The topological polar surface area (TPSA) is 41.1 Å². The molecular weight excluding hydrogens is 260 g/mol. The van der Waals surface area contributed by atoms with Gasteiger partial charge in [-0.3, -0.25) is 0 Å². The molecule has 4 heteroatoms. The molecule has 1 aromatic carbocycles. The van der Waals surface area contributed by atoms with Gasteiger partial charge in [-0.15, -0.1) is 0 Å². The van der Waals surface area contributed by atoms with Crippen molar-refractivity contribution in [3.8, 4) is 0 Å². The van der Waals surface area contributed by atoms with E-state index in [2.05, 4.69) is 53.3 Å². The summed E-state index contributed by atoms with van der Waals surface area (Å²) < 4.78 is 0. The third-order valence-electron chi connectivity index (χ3n) is 4.17. The number of anilines is 2. The monoisotopic (exact) mass is 282 g/mol. The van der Waals surface area contributed by atoms with Gasteiger partial charge in [0, 0.05) is 35.7 Å². The lowest BCUT2D eigenvalue weighted by molar-refractivity contribution is 0.606. The van der Waals surface area contributed by atoms with Gasteiger partial charge in [0.15, 0.2) is 0 Å². The Balaban J connectivity index is 2.01. The molecule has 0 saturated heterocycles. The number of nitrogens with one attached hydrogen (secondary N) is 1. The maximum Gasteiger partial charge on any atom is 0.230 e. The van der Waals surface area contributed by atoms with E-state index in [0.29, 0.717) is 6.04 Å². The van der Waals surface area contributed by atoms with E-state index in [-0.39, 0.29) is 0 Å². The van der Waals surface area contributed by atoms with Crippen molar-refractivity contribution in [1.29, 1.82) is 0 Å². The van der Waals surface area contributed by atoms with E-state index >= 15 is 0 Å². The first kappa shape index (κ1) is 14.0. The lowest BCUT2D eigenvalue weighted by atomic mass is 9.97. The molecule has 1 unspecified atom stereocenters. The second-order valence-corrected chi connectivity index (χ2v) is 5.70. The SMILES string of the molecule is CNCc1cnc(N2c3ccccc3CCC2C)nc1C. The molecule has 0 radical (unpaired) electrons. The van der Waals surface area contributed by atoms with Crippen LogP contribution in [0.25, 0.3) is 0 Å². The Bertz CT molecular complexity index is 638. The summed E-state index contributed by atoms with van der Waals surface area (Å²) in [7, 11) is 1.94. The fraction of sp³-hybridized carbons (Fsp3) is 0.412. The van der Waals surface area contributed by atoms with Crippen LogP contribution in [0.15, 0.2) is 30.5 Å². The molecule has 0 aliphatic carbocycles. The van der Waals surface area contributed by atoms with Crippen molar-refractivity contribution in [3.63, 3.8) is 0 Å². The summed E-state index contributed by atoms with van der Waals surface area (Å²) in [5.74, 6) is 0.812. The molecule has 1 N–H and O–H groups in total. The zero-order chi connectivity index (χ0) is 14.8. The minimum absolute atomic E-state index is 0.425. The van der Waals surface area contributed by atoms with Gasteiger partial charge in [-0.2, -0.15) is 0 Å². The van der Waals surface area contributed by atoms with Gasteiger partial charge in [0.2, 0.25) is 5.95 Å². The van der Waals surface area contributed by atoms with Gasteiger partial charge >= 0.3 is 0 Å². The van der Waals surface area contributed by atoms with E-state index in [4.69, 9.17) is 4.98 Å². The molecule has 0 fully saturated rings. The van der Waals surface area contributed by atoms with Crippen molar-refractivity contribution >= 4 is 11.6 Å². The average Bonchev–Trinajstić information content (AvgIpc) is 2.49. The highest BCUT2D eigenvalue weighted by molar-refractivity contribution is 5.64. The van der Waals surface area contributed by atoms with Crippen molar-refractivity contribution in [2.24, 2.45) is 0 Å². The van der Waals surface area contributed by atoms with Gasteiger partial charge in [0.1, 0.15) is 0 Å². The summed E-state index contributed by atoms with van der Waals surface area (Å²) in [6.45, 7) is 5.10. The van der Waals surface area contributed by atoms with Crippen LogP contribution < -0.4 is 10.2 Å². The molecule has 1 atom stereocenters. The van der Waals surface area contributed by atoms with E-state index in [9.17, 15) is 0 Å². The number of para-hydroxylation sites is 1. The number of hydrogen-bond donors (Lipinski definition) is 1. The van der Waals surface area contributed by atoms with Crippen LogP contribution in [-0.4, -0.2) is 23.1 Å². The summed E-state index contributed by atoms with van der Waals surface area (Å²) in [6.07, 6.45) is 4.21. The average molecular weight is 282 g/mol. The van der Waals surface area contributed by atoms with Crippen molar-refractivity contribution < 1.29 is 0 Å². The second-order valence-electron chi connectivity index (χ2n) is 5.70.